The van der Waals surface area contributed by atoms with Crippen LogP contribution in [0.1, 0.15) is 4.88 Å². The minimum Gasteiger partial charge on any atom is -0.339 e. The molecule has 1 atom stereocenters. The van der Waals surface area contributed by atoms with E-state index < -0.39 is 15.9 Å². The topological polar surface area (TPSA) is 66.1 Å². The van der Waals surface area contributed by atoms with Crippen LogP contribution in [0.25, 0.3) is 17.0 Å². The SMILES string of the molecule is O=C(/C=C/c1cccs1)NC(NC(=S)Nc1cccc2cccnc12)C(Cl)(Cl)Cl. The van der Waals surface area contributed by atoms with Gasteiger partial charge in [0.15, 0.2) is 5.11 Å². The Labute approximate surface area is 192 Å². The Morgan fingerprint density at radius 1 is 1.14 bits per heavy atom. The zero-order valence-corrected chi connectivity index (χ0v) is 18.6. The lowest BCUT2D eigenvalue weighted by atomic mass is 10.2. The van der Waals surface area contributed by atoms with E-state index in [4.69, 9.17) is 47.0 Å². The van der Waals surface area contributed by atoms with Crippen LogP contribution in [0.3, 0.4) is 0 Å². The number of amides is 1. The minimum absolute atomic E-state index is 0.169. The number of aromatic nitrogens is 1. The van der Waals surface area contributed by atoms with Gasteiger partial charge in [0.1, 0.15) is 6.17 Å². The number of para-hydroxylation sites is 1. The van der Waals surface area contributed by atoms with Gasteiger partial charge in [0.25, 0.3) is 0 Å². The molecule has 29 heavy (non-hydrogen) atoms. The van der Waals surface area contributed by atoms with E-state index in [9.17, 15) is 4.79 Å². The second-order valence-corrected chi connectivity index (χ2v) is 9.57. The van der Waals surface area contributed by atoms with Crippen molar-refractivity contribution in [2.24, 2.45) is 0 Å². The lowest BCUT2D eigenvalue weighted by molar-refractivity contribution is -0.117. The van der Waals surface area contributed by atoms with E-state index >= 15 is 0 Å². The number of halogens is 3. The van der Waals surface area contributed by atoms with Gasteiger partial charge in [0.05, 0.1) is 11.2 Å². The number of pyridine rings is 1. The molecule has 0 fully saturated rings. The monoisotopic (exact) mass is 484 g/mol. The van der Waals surface area contributed by atoms with E-state index in [1.807, 2.05) is 47.8 Å². The predicted molar refractivity (Wildman–Crippen MR) is 127 cm³/mol. The van der Waals surface area contributed by atoms with Gasteiger partial charge in [-0.15, -0.1) is 11.3 Å². The van der Waals surface area contributed by atoms with Crippen molar-refractivity contribution in [1.82, 2.24) is 15.6 Å². The molecule has 0 bridgehead atoms. The number of anilines is 1. The van der Waals surface area contributed by atoms with E-state index in [1.165, 1.54) is 17.4 Å². The van der Waals surface area contributed by atoms with Crippen molar-refractivity contribution >= 4 is 92.0 Å². The molecule has 0 aliphatic heterocycles. The quantitative estimate of drug-likeness (QED) is 0.203. The summed E-state index contributed by atoms with van der Waals surface area (Å²) in [5, 5.41) is 11.5. The van der Waals surface area contributed by atoms with Crippen molar-refractivity contribution < 1.29 is 4.79 Å². The highest BCUT2D eigenvalue weighted by Crippen LogP contribution is 2.29. The first-order chi connectivity index (χ1) is 13.8. The van der Waals surface area contributed by atoms with E-state index in [0.717, 1.165) is 15.8 Å². The van der Waals surface area contributed by atoms with Crippen molar-refractivity contribution in [2.75, 3.05) is 5.32 Å². The maximum atomic E-state index is 12.2. The first-order valence-electron chi connectivity index (χ1n) is 8.33. The molecule has 5 nitrogen and oxygen atoms in total. The number of thiophene rings is 1. The lowest BCUT2D eigenvalue weighted by Gasteiger charge is -2.27. The summed E-state index contributed by atoms with van der Waals surface area (Å²) in [6.45, 7) is 0. The summed E-state index contributed by atoms with van der Waals surface area (Å²) >= 11 is 24.9. The Balaban J connectivity index is 1.68. The van der Waals surface area contributed by atoms with Crippen molar-refractivity contribution in [2.45, 2.75) is 9.96 Å². The first kappa shape index (κ1) is 21.8. The molecule has 2 heterocycles. The summed E-state index contributed by atoms with van der Waals surface area (Å²) < 4.78 is -1.84. The van der Waals surface area contributed by atoms with Gasteiger partial charge in [-0.3, -0.25) is 9.78 Å². The van der Waals surface area contributed by atoms with E-state index in [-0.39, 0.29) is 5.11 Å². The second kappa shape index (κ2) is 9.73. The van der Waals surface area contributed by atoms with Crippen molar-refractivity contribution in [3.63, 3.8) is 0 Å². The zero-order valence-electron chi connectivity index (χ0n) is 14.7. The summed E-state index contributed by atoms with van der Waals surface area (Å²) in [4.78, 5) is 17.5. The molecule has 3 rings (SSSR count). The Bertz CT molecular complexity index is 1030. The van der Waals surface area contributed by atoms with Gasteiger partial charge < -0.3 is 16.0 Å². The minimum atomic E-state index is -1.84. The Hall–Kier alpha value is -1.90. The number of fused-ring (bicyclic) bond motifs is 1. The maximum absolute atomic E-state index is 12.2. The smallest absolute Gasteiger partial charge is 0.245 e. The van der Waals surface area contributed by atoms with Crippen LogP contribution in [0.5, 0.6) is 0 Å². The summed E-state index contributed by atoms with van der Waals surface area (Å²) in [6.07, 6.45) is 3.67. The van der Waals surface area contributed by atoms with E-state index in [0.29, 0.717) is 5.69 Å². The van der Waals surface area contributed by atoms with Crippen molar-refractivity contribution in [3.05, 3.63) is 65.0 Å². The van der Waals surface area contributed by atoms with Crippen LogP contribution in [0.15, 0.2) is 60.1 Å². The molecule has 1 amide bonds. The van der Waals surface area contributed by atoms with Crippen LogP contribution in [0, 0.1) is 0 Å². The number of nitrogens with one attached hydrogen (secondary N) is 3. The van der Waals surface area contributed by atoms with Crippen LogP contribution in [0.2, 0.25) is 0 Å². The molecule has 2 aromatic heterocycles. The number of alkyl halides is 3. The Morgan fingerprint density at radius 2 is 1.93 bits per heavy atom. The summed E-state index contributed by atoms with van der Waals surface area (Å²) in [5.74, 6) is -0.433. The maximum Gasteiger partial charge on any atom is 0.245 e. The molecule has 150 valence electrons. The molecule has 3 N–H and O–H groups in total. The van der Waals surface area contributed by atoms with Crippen LogP contribution in [0.4, 0.5) is 5.69 Å². The zero-order chi connectivity index (χ0) is 20.9. The Morgan fingerprint density at radius 3 is 2.66 bits per heavy atom. The molecule has 0 saturated heterocycles. The molecular weight excluding hydrogens is 471 g/mol. The van der Waals surface area contributed by atoms with Gasteiger partial charge in [-0.1, -0.05) is 59.1 Å². The molecule has 0 spiro atoms. The van der Waals surface area contributed by atoms with Gasteiger partial charge in [0, 0.05) is 22.5 Å². The average Bonchev–Trinajstić information content (AvgIpc) is 3.19. The van der Waals surface area contributed by atoms with Gasteiger partial charge in [-0.25, -0.2) is 0 Å². The molecule has 0 aliphatic carbocycles. The third-order valence-electron chi connectivity index (χ3n) is 3.71. The van der Waals surface area contributed by atoms with Crippen LogP contribution in [-0.2, 0) is 4.79 Å². The number of hydrogen-bond donors (Lipinski definition) is 3. The Kier molecular flexibility index (Phi) is 7.32. The number of carbonyl (C=O) groups excluding carboxylic acids is 1. The third kappa shape index (κ3) is 6.29. The number of benzene rings is 1. The van der Waals surface area contributed by atoms with Crippen LogP contribution in [-0.4, -0.2) is 26.0 Å². The standard InChI is InChI=1S/C19H15Cl3N4OS2/c20-19(21,22)17(25-15(27)9-8-13-6-3-11-29-13)26-18(28)24-14-7-1-4-12-5-2-10-23-16(12)14/h1-11,17H,(H,25,27)(H2,24,26,28)/b9-8+. The molecule has 0 saturated carbocycles. The van der Waals surface area contributed by atoms with E-state index in [2.05, 4.69) is 20.9 Å². The molecule has 0 radical (unpaired) electrons. The number of nitrogens with zero attached hydrogens (tertiary/aromatic N) is 1. The van der Waals surface area contributed by atoms with Crippen LogP contribution < -0.4 is 16.0 Å². The summed E-state index contributed by atoms with van der Waals surface area (Å²) in [7, 11) is 0. The molecule has 1 unspecified atom stereocenters. The normalized spacial score (nSPS) is 12.7. The van der Waals surface area contributed by atoms with Gasteiger partial charge in [-0.05, 0) is 41.9 Å². The highest BCUT2D eigenvalue weighted by Gasteiger charge is 2.34. The van der Waals surface area contributed by atoms with Gasteiger partial charge >= 0.3 is 0 Å². The first-order valence-corrected chi connectivity index (χ1v) is 10.8. The number of rotatable bonds is 5. The largest absolute Gasteiger partial charge is 0.339 e. The highest BCUT2D eigenvalue weighted by molar-refractivity contribution is 7.80. The van der Waals surface area contributed by atoms with Crippen LogP contribution >= 0.6 is 58.4 Å². The average molecular weight is 486 g/mol. The van der Waals surface area contributed by atoms with Gasteiger partial charge in [0.2, 0.25) is 9.70 Å². The molecule has 1 aromatic carbocycles. The fourth-order valence-electron chi connectivity index (χ4n) is 2.43. The molecule has 3 aromatic rings. The second-order valence-electron chi connectivity index (χ2n) is 5.81. The van der Waals surface area contributed by atoms with Crippen molar-refractivity contribution in [3.8, 4) is 0 Å². The summed E-state index contributed by atoms with van der Waals surface area (Å²) in [6, 6.07) is 13.2. The molecule has 10 heteroatoms. The third-order valence-corrected chi connectivity index (χ3v) is 5.42. The fraction of sp³-hybridized carbons (Fsp3) is 0.105. The highest BCUT2D eigenvalue weighted by atomic mass is 35.6. The molecule has 0 aliphatic rings. The van der Waals surface area contributed by atoms with E-state index in [1.54, 1.807) is 12.3 Å². The van der Waals surface area contributed by atoms with Gasteiger partial charge in [-0.2, -0.15) is 0 Å². The fourth-order valence-corrected chi connectivity index (χ4v) is 3.60. The molecular formula is C19H15Cl3N4OS2. The number of thiocarbonyl (C=S) groups is 1. The predicted octanol–water partition coefficient (Wildman–Crippen LogP) is 5.11. The number of carbonyl (C=O) groups is 1. The number of hydrogen-bond acceptors (Lipinski definition) is 4. The summed E-state index contributed by atoms with van der Waals surface area (Å²) in [5.41, 5.74) is 1.43. The lowest BCUT2D eigenvalue weighted by Crippen LogP contribution is -2.55. The van der Waals surface area contributed by atoms with Crippen molar-refractivity contribution in [1.29, 1.82) is 0 Å².